The lowest BCUT2D eigenvalue weighted by molar-refractivity contribution is -0.0498. The number of hydrogen-bond acceptors (Lipinski definition) is 5. The number of nitrogens with zero attached hydrogens (tertiary/aromatic N) is 1. The van der Waals surface area contributed by atoms with E-state index >= 15 is 0 Å². The maximum absolute atomic E-state index is 12.6. The van der Waals surface area contributed by atoms with Gasteiger partial charge in [0.15, 0.2) is 6.10 Å². The fraction of sp³-hybridized carbons (Fsp3) is 0.190. The monoisotopic (exact) mass is 385 g/mol. The van der Waals surface area contributed by atoms with Crippen LogP contribution in [0.5, 0.6) is 5.75 Å². The molecule has 0 N–H and O–H groups in total. The number of pyridine rings is 1. The van der Waals surface area contributed by atoms with Gasteiger partial charge in [0.2, 0.25) is 5.78 Å². The third kappa shape index (κ3) is 4.31. The van der Waals surface area contributed by atoms with E-state index in [9.17, 15) is 18.4 Å². The molecule has 1 heterocycles. The summed E-state index contributed by atoms with van der Waals surface area (Å²) in [5, 5.41) is 0.631. The second kappa shape index (κ2) is 8.12. The number of ether oxygens (including phenoxy) is 2. The van der Waals surface area contributed by atoms with Crippen LogP contribution in [0, 0.1) is 6.92 Å². The molecular formula is C21H17F2NO4. The van der Waals surface area contributed by atoms with Crippen LogP contribution in [0.2, 0.25) is 0 Å². The minimum absolute atomic E-state index is 0.0603. The Labute approximate surface area is 159 Å². The molecule has 1 atom stereocenters. The maximum atomic E-state index is 12.6. The van der Waals surface area contributed by atoms with Gasteiger partial charge in [-0.05, 0) is 50.2 Å². The first-order valence-corrected chi connectivity index (χ1v) is 8.51. The summed E-state index contributed by atoms with van der Waals surface area (Å²) in [5.41, 5.74) is 1.85. The average molecular weight is 385 g/mol. The number of para-hydroxylation sites is 1. The van der Waals surface area contributed by atoms with E-state index in [0.717, 1.165) is 0 Å². The summed E-state index contributed by atoms with van der Waals surface area (Å²) in [7, 11) is 0. The van der Waals surface area contributed by atoms with Gasteiger partial charge in [0.1, 0.15) is 5.75 Å². The van der Waals surface area contributed by atoms with Gasteiger partial charge in [0.05, 0.1) is 11.1 Å². The van der Waals surface area contributed by atoms with E-state index in [1.54, 1.807) is 31.2 Å². The summed E-state index contributed by atoms with van der Waals surface area (Å²) in [6, 6.07) is 14.0. The molecule has 144 valence electrons. The first-order valence-electron chi connectivity index (χ1n) is 8.51. The Morgan fingerprint density at radius 3 is 2.39 bits per heavy atom. The van der Waals surface area contributed by atoms with Crippen molar-refractivity contribution >= 4 is 22.7 Å². The minimum Gasteiger partial charge on any atom is -0.451 e. The summed E-state index contributed by atoms with van der Waals surface area (Å²) in [6.45, 7) is 0.279. The Hall–Kier alpha value is -3.35. The summed E-state index contributed by atoms with van der Waals surface area (Å²) < 4.78 is 34.0. The number of rotatable bonds is 6. The zero-order chi connectivity index (χ0) is 20.3. The molecule has 0 saturated carbocycles. The quantitative estimate of drug-likeness (QED) is 0.459. The lowest BCUT2D eigenvalue weighted by Gasteiger charge is -2.14. The molecule has 0 bridgehead atoms. The van der Waals surface area contributed by atoms with E-state index in [1.165, 1.54) is 31.2 Å². The highest BCUT2D eigenvalue weighted by Gasteiger charge is 2.22. The van der Waals surface area contributed by atoms with Crippen molar-refractivity contribution in [3.05, 3.63) is 71.4 Å². The zero-order valence-corrected chi connectivity index (χ0v) is 15.2. The number of ketones is 1. The van der Waals surface area contributed by atoms with Crippen molar-refractivity contribution < 1.29 is 27.8 Å². The van der Waals surface area contributed by atoms with Crippen LogP contribution in [-0.2, 0) is 4.74 Å². The van der Waals surface area contributed by atoms with Gasteiger partial charge >= 0.3 is 12.6 Å². The van der Waals surface area contributed by atoms with Crippen molar-refractivity contribution in [2.24, 2.45) is 0 Å². The van der Waals surface area contributed by atoms with E-state index in [-0.39, 0.29) is 11.3 Å². The second-order valence-corrected chi connectivity index (χ2v) is 6.14. The van der Waals surface area contributed by atoms with Gasteiger partial charge in [-0.15, -0.1) is 0 Å². The van der Waals surface area contributed by atoms with Crippen molar-refractivity contribution in [2.45, 2.75) is 26.6 Å². The molecule has 0 saturated heterocycles. The van der Waals surface area contributed by atoms with Crippen LogP contribution in [0.25, 0.3) is 10.9 Å². The SMILES string of the molecule is Cc1cc(C(=O)O[C@@H](C)C(=O)c2ccc(OC(F)F)cc2)c2ccccc2n1. The fourth-order valence-corrected chi connectivity index (χ4v) is 2.79. The number of aromatic nitrogens is 1. The Morgan fingerprint density at radius 2 is 1.71 bits per heavy atom. The van der Waals surface area contributed by atoms with Crippen LogP contribution in [0.15, 0.2) is 54.6 Å². The van der Waals surface area contributed by atoms with E-state index < -0.39 is 24.5 Å². The summed E-state index contributed by atoms with van der Waals surface area (Å²) in [4.78, 5) is 29.5. The molecule has 7 heteroatoms. The van der Waals surface area contributed by atoms with Gasteiger partial charge in [-0.3, -0.25) is 9.78 Å². The molecule has 0 amide bonds. The first kappa shape index (κ1) is 19.4. The summed E-state index contributed by atoms with van der Waals surface area (Å²) in [5.74, 6) is -1.15. The average Bonchev–Trinajstić information content (AvgIpc) is 2.66. The lowest BCUT2D eigenvalue weighted by Crippen LogP contribution is -2.24. The Bertz CT molecular complexity index is 1020. The van der Waals surface area contributed by atoms with Crippen LogP contribution in [0.4, 0.5) is 8.78 Å². The topological polar surface area (TPSA) is 65.5 Å². The van der Waals surface area contributed by atoms with E-state index in [0.29, 0.717) is 22.2 Å². The molecule has 0 spiro atoms. The predicted molar refractivity (Wildman–Crippen MR) is 98.8 cm³/mol. The van der Waals surface area contributed by atoms with Crippen LogP contribution >= 0.6 is 0 Å². The molecule has 2 aromatic carbocycles. The number of benzene rings is 2. The molecule has 28 heavy (non-hydrogen) atoms. The number of carbonyl (C=O) groups is 2. The zero-order valence-electron chi connectivity index (χ0n) is 15.2. The van der Waals surface area contributed by atoms with E-state index in [1.807, 2.05) is 6.07 Å². The highest BCUT2D eigenvalue weighted by Crippen LogP contribution is 2.21. The third-order valence-corrected chi connectivity index (χ3v) is 4.08. The number of fused-ring (bicyclic) bond motifs is 1. The number of aryl methyl sites for hydroxylation is 1. The molecule has 1 aromatic heterocycles. The van der Waals surface area contributed by atoms with Crippen molar-refractivity contribution in [1.29, 1.82) is 0 Å². The van der Waals surface area contributed by atoms with E-state index in [2.05, 4.69) is 9.72 Å². The predicted octanol–water partition coefficient (Wildman–Crippen LogP) is 4.57. The van der Waals surface area contributed by atoms with E-state index in [4.69, 9.17) is 4.74 Å². The lowest BCUT2D eigenvalue weighted by atomic mass is 10.1. The molecular weight excluding hydrogens is 368 g/mol. The molecule has 0 unspecified atom stereocenters. The van der Waals surface area contributed by atoms with Gasteiger partial charge in [-0.2, -0.15) is 8.78 Å². The fourth-order valence-electron chi connectivity index (χ4n) is 2.79. The summed E-state index contributed by atoms with van der Waals surface area (Å²) in [6.07, 6.45) is -1.05. The number of halogens is 2. The highest BCUT2D eigenvalue weighted by molar-refractivity contribution is 6.06. The largest absolute Gasteiger partial charge is 0.451 e. The second-order valence-electron chi connectivity index (χ2n) is 6.14. The van der Waals surface area contributed by atoms with Gasteiger partial charge in [0, 0.05) is 16.6 Å². The number of esters is 1. The number of hydrogen-bond donors (Lipinski definition) is 0. The van der Waals surface area contributed by atoms with Crippen LogP contribution in [0.3, 0.4) is 0 Å². The van der Waals surface area contributed by atoms with Gasteiger partial charge in [-0.25, -0.2) is 4.79 Å². The van der Waals surface area contributed by atoms with Crippen LogP contribution in [0.1, 0.15) is 33.3 Å². The first-order chi connectivity index (χ1) is 13.3. The number of alkyl halides is 2. The normalized spacial score (nSPS) is 12.0. The van der Waals surface area contributed by atoms with Crippen molar-refractivity contribution in [3.63, 3.8) is 0 Å². The molecule has 0 fully saturated rings. The minimum atomic E-state index is -2.94. The Morgan fingerprint density at radius 1 is 1.04 bits per heavy atom. The maximum Gasteiger partial charge on any atom is 0.387 e. The highest BCUT2D eigenvalue weighted by atomic mass is 19.3. The van der Waals surface area contributed by atoms with Crippen molar-refractivity contribution in [2.75, 3.05) is 0 Å². The van der Waals surface area contributed by atoms with Gasteiger partial charge < -0.3 is 9.47 Å². The van der Waals surface area contributed by atoms with Gasteiger partial charge in [-0.1, -0.05) is 18.2 Å². The van der Waals surface area contributed by atoms with Gasteiger partial charge in [0.25, 0.3) is 0 Å². The number of carbonyl (C=O) groups excluding carboxylic acids is 2. The Kier molecular flexibility index (Phi) is 5.63. The molecule has 0 radical (unpaired) electrons. The Balaban J connectivity index is 1.76. The molecule has 0 aliphatic rings. The van der Waals surface area contributed by atoms with Crippen molar-refractivity contribution in [1.82, 2.24) is 4.98 Å². The third-order valence-electron chi connectivity index (χ3n) is 4.08. The molecule has 3 rings (SSSR count). The summed E-state index contributed by atoms with van der Waals surface area (Å²) >= 11 is 0. The standard InChI is InChI=1S/C21H17F2NO4/c1-12-11-17(16-5-3-4-6-18(16)24-12)20(26)27-13(2)19(25)14-7-9-15(10-8-14)28-21(22)23/h3-11,13,21H,1-2H3/t13-/m0/s1. The smallest absolute Gasteiger partial charge is 0.387 e. The molecule has 0 aliphatic heterocycles. The molecule has 5 nitrogen and oxygen atoms in total. The number of Topliss-reactive ketones (excluding diaryl/α,β-unsaturated/α-hetero) is 1. The molecule has 0 aliphatic carbocycles. The van der Waals surface area contributed by atoms with Crippen molar-refractivity contribution in [3.8, 4) is 5.75 Å². The molecule has 3 aromatic rings. The van der Waals surface area contributed by atoms with Crippen LogP contribution in [-0.4, -0.2) is 29.5 Å². The van der Waals surface area contributed by atoms with Crippen LogP contribution < -0.4 is 4.74 Å².